The number of methoxy groups -OCH3 is 1. The molecule has 3 aromatic carbocycles. The predicted molar refractivity (Wildman–Crippen MR) is 124 cm³/mol. The van der Waals surface area contributed by atoms with Crippen LogP contribution in [0.25, 0.3) is 0 Å². The standard InChI is InChI=1S/C23H22ClFN2O5S/c1-31-22-12-9-18(15-21(22)24)27(33(29,30)20-5-3-2-4-6-20)16-23(28)26-13-14-32-19-10-7-17(25)8-11-19/h2-12,15H,13-14,16H2,1H3,(H,26,28). The van der Waals surface area contributed by atoms with Crippen molar-refractivity contribution in [2.45, 2.75) is 4.90 Å². The van der Waals surface area contributed by atoms with E-state index in [4.69, 9.17) is 21.1 Å². The molecule has 0 spiro atoms. The van der Waals surface area contributed by atoms with Crippen LogP contribution in [0.4, 0.5) is 10.1 Å². The highest BCUT2D eigenvalue weighted by Gasteiger charge is 2.27. The molecule has 0 heterocycles. The molecule has 0 radical (unpaired) electrons. The van der Waals surface area contributed by atoms with Gasteiger partial charge >= 0.3 is 0 Å². The second-order valence-corrected chi connectivity index (χ2v) is 9.07. The fraction of sp³-hybridized carbons (Fsp3) is 0.174. The zero-order valence-corrected chi connectivity index (χ0v) is 19.3. The van der Waals surface area contributed by atoms with Gasteiger partial charge in [-0.1, -0.05) is 29.8 Å². The third kappa shape index (κ3) is 6.36. The van der Waals surface area contributed by atoms with Crippen molar-refractivity contribution in [2.75, 3.05) is 31.1 Å². The van der Waals surface area contributed by atoms with E-state index in [1.54, 1.807) is 18.2 Å². The summed E-state index contributed by atoms with van der Waals surface area (Å²) in [4.78, 5) is 12.6. The van der Waals surface area contributed by atoms with Crippen LogP contribution in [0, 0.1) is 5.82 Å². The van der Waals surface area contributed by atoms with E-state index in [1.807, 2.05) is 0 Å². The maximum Gasteiger partial charge on any atom is 0.264 e. The normalized spacial score (nSPS) is 11.0. The average molecular weight is 493 g/mol. The summed E-state index contributed by atoms with van der Waals surface area (Å²) in [5, 5.41) is 2.83. The van der Waals surface area contributed by atoms with E-state index in [0.717, 1.165) is 4.31 Å². The third-order valence-corrected chi connectivity index (χ3v) is 6.63. The average Bonchev–Trinajstić information content (AvgIpc) is 2.82. The Morgan fingerprint density at radius 3 is 2.39 bits per heavy atom. The fourth-order valence-corrected chi connectivity index (χ4v) is 4.61. The van der Waals surface area contributed by atoms with E-state index in [0.29, 0.717) is 11.5 Å². The molecule has 0 bridgehead atoms. The molecule has 0 aromatic heterocycles. The summed E-state index contributed by atoms with van der Waals surface area (Å²) in [7, 11) is -2.61. The van der Waals surface area contributed by atoms with E-state index in [2.05, 4.69) is 5.32 Å². The van der Waals surface area contributed by atoms with Crippen LogP contribution in [-0.4, -0.2) is 41.1 Å². The van der Waals surface area contributed by atoms with Gasteiger partial charge in [-0.25, -0.2) is 12.8 Å². The van der Waals surface area contributed by atoms with Crippen LogP contribution in [0.15, 0.2) is 77.7 Å². The smallest absolute Gasteiger partial charge is 0.264 e. The number of hydrogen-bond donors (Lipinski definition) is 1. The summed E-state index contributed by atoms with van der Waals surface area (Å²) in [5.41, 5.74) is 0.211. The monoisotopic (exact) mass is 492 g/mol. The van der Waals surface area contributed by atoms with Gasteiger partial charge in [0, 0.05) is 0 Å². The van der Waals surface area contributed by atoms with Crippen molar-refractivity contribution in [3.8, 4) is 11.5 Å². The zero-order chi connectivity index (χ0) is 23.8. The van der Waals surface area contributed by atoms with Crippen molar-refractivity contribution in [3.05, 3.63) is 83.6 Å². The number of nitrogens with zero attached hydrogens (tertiary/aromatic N) is 1. The number of anilines is 1. The molecule has 0 saturated heterocycles. The molecular weight excluding hydrogens is 471 g/mol. The molecule has 0 unspecified atom stereocenters. The van der Waals surface area contributed by atoms with Crippen LogP contribution in [0.5, 0.6) is 11.5 Å². The summed E-state index contributed by atoms with van der Waals surface area (Å²) in [6.45, 7) is -0.230. The molecule has 1 N–H and O–H groups in total. The van der Waals surface area contributed by atoms with Gasteiger partial charge in [0.25, 0.3) is 10.0 Å². The van der Waals surface area contributed by atoms with Gasteiger partial charge in [-0.2, -0.15) is 0 Å². The molecule has 33 heavy (non-hydrogen) atoms. The van der Waals surface area contributed by atoms with Crippen molar-refractivity contribution in [1.29, 1.82) is 0 Å². The first-order valence-electron chi connectivity index (χ1n) is 9.87. The van der Waals surface area contributed by atoms with Crippen molar-refractivity contribution in [3.63, 3.8) is 0 Å². The Morgan fingerprint density at radius 1 is 1.06 bits per heavy atom. The molecule has 0 fully saturated rings. The minimum atomic E-state index is -4.06. The van der Waals surface area contributed by atoms with Crippen LogP contribution in [-0.2, 0) is 14.8 Å². The Morgan fingerprint density at radius 2 is 1.76 bits per heavy atom. The number of ether oxygens (including phenoxy) is 2. The number of hydrogen-bond acceptors (Lipinski definition) is 5. The number of nitrogens with one attached hydrogen (secondary N) is 1. The number of carbonyl (C=O) groups is 1. The second kappa shape index (κ2) is 11.0. The summed E-state index contributed by atoms with van der Waals surface area (Å²) < 4.78 is 51.1. The van der Waals surface area contributed by atoms with E-state index in [9.17, 15) is 17.6 Å². The second-order valence-electron chi connectivity index (χ2n) is 6.80. The van der Waals surface area contributed by atoms with Crippen molar-refractivity contribution >= 4 is 33.2 Å². The Kier molecular flexibility index (Phi) is 8.13. The first-order valence-corrected chi connectivity index (χ1v) is 11.7. The van der Waals surface area contributed by atoms with Gasteiger partial charge in [-0.3, -0.25) is 9.10 Å². The molecule has 3 aromatic rings. The van der Waals surface area contributed by atoms with Gasteiger partial charge in [0.15, 0.2) is 0 Å². The largest absolute Gasteiger partial charge is 0.495 e. The summed E-state index contributed by atoms with van der Waals surface area (Å²) >= 11 is 6.19. The molecule has 0 aliphatic carbocycles. The van der Waals surface area contributed by atoms with Crippen LogP contribution in [0.3, 0.4) is 0 Å². The number of halogens is 2. The van der Waals surface area contributed by atoms with Gasteiger partial charge in [0.05, 0.1) is 29.3 Å². The van der Waals surface area contributed by atoms with Gasteiger partial charge < -0.3 is 14.8 Å². The maximum absolute atomic E-state index is 13.3. The van der Waals surface area contributed by atoms with E-state index < -0.39 is 22.5 Å². The number of sulfonamides is 1. The molecular formula is C23H22ClFN2O5S. The Bertz CT molecular complexity index is 1190. The summed E-state index contributed by atoms with van der Waals surface area (Å²) in [6, 6.07) is 17.7. The first kappa shape index (κ1) is 24.3. The van der Waals surface area contributed by atoms with Crippen molar-refractivity contribution in [1.82, 2.24) is 5.32 Å². The molecule has 10 heteroatoms. The van der Waals surface area contributed by atoms with Crippen LogP contribution >= 0.6 is 11.6 Å². The summed E-state index contributed by atoms with van der Waals surface area (Å²) in [6.07, 6.45) is 0. The highest BCUT2D eigenvalue weighted by Crippen LogP contribution is 2.31. The lowest BCUT2D eigenvalue weighted by Gasteiger charge is -2.24. The van der Waals surface area contributed by atoms with Crippen molar-refractivity contribution in [2.24, 2.45) is 0 Å². The lowest BCUT2D eigenvalue weighted by molar-refractivity contribution is -0.119. The lowest BCUT2D eigenvalue weighted by Crippen LogP contribution is -2.41. The third-order valence-electron chi connectivity index (χ3n) is 4.55. The van der Waals surface area contributed by atoms with Gasteiger partial charge in [0.1, 0.15) is 30.5 Å². The number of carbonyl (C=O) groups excluding carboxylic acids is 1. The maximum atomic E-state index is 13.3. The Labute approximate surface area is 196 Å². The van der Waals surface area contributed by atoms with Crippen LogP contribution in [0.1, 0.15) is 0 Å². The minimum Gasteiger partial charge on any atom is -0.495 e. The molecule has 3 rings (SSSR count). The minimum absolute atomic E-state index is 0.0318. The molecule has 0 aliphatic rings. The topological polar surface area (TPSA) is 84.9 Å². The quantitative estimate of drug-likeness (QED) is 0.434. The summed E-state index contributed by atoms with van der Waals surface area (Å²) in [5.74, 6) is -0.0927. The fourth-order valence-electron chi connectivity index (χ4n) is 2.92. The first-order chi connectivity index (χ1) is 15.8. The van der Waals surface area contributed by atoms with Gasteiger partial charge in [-0.05, 0) is 54.6 Å². The van der Waals surface area contributed by atoms with Gasteiger partial charge in [0.2, 0.25) is 5.91 Å². The number of rotatable bonds is 10. The molecule has 0 aliphatic heterocycles. The molecule has 1 amide bonds. The van der Waals surface area contributed by atoms with Gasteiger partial charge in [-0.15, -0.1) is 0 Å². The Balaban J connectivity index is 1.73. The predicted octanol–water partition coefficient (Wildman–Crippen LogP) is 3.88. The van der Waals surface area contributed by atoms with E-state index in [1.165, 1.54) is 61.7 Å². The van der Waals surface area contributed by atoms with Crippen LogP contribution < -0.4 is 19.1 Å². The molecule has 0 saturated carbocycles. The molecule has 0 atom stereocenters. The van der Waals surface area contributed by atoms with E-state index >= 15 is 0 Å². The van der Waals surface area contributed by atoms with Crippen LogP contribution in [0.2, 0.25) is 5.02 Å². The number of amides is 1. The van der Waals surface area contributed by atoms with E-state index in [-0.39, 0.29) is 34.6 Å². The van der Waals surface area contributed by atoms with Crippen molar-refractivity contribution < 1.29 is 27.1 Å². The molecule has 174 valence electrons. The highest BCUT2D eigenvalue weighted by molar-refractivity contribution is 7.92. The highest BCUT2D eigenvalue weighted by atomic mass is 35.5. The Hall–Kier alpha value is -3.30. The SMILES string of the molecule is COc1ccc(N(CC(=O)NCCOc2ccc(F)cc2)S(=O)(=O)c2ccccc2)cc1Cl. The molecule has 7 nitrogen and oxygen atoms in total. The zero-order valence-electron chi connectivity index (χ0n) is 17.7. The lowest BCUT2D eigenvalue weighted by atomic mass is 10.3. The number of benzene rings is 3.